The summed E-state index contributed by atoms with van der Waals surface area (Å²) in [5.41, 5.74) is 1.11. The van der Waals surface area contributed by atoms with Crippen molar-refractivity contribution >= 4 is 17.2 Å². The average Bonchev–Trinajstić information content (AvgIpc) is 2.85. The zero-order valence-corrected chi connectivity index (χ0v) is 11.4. The first-order chi connectivity index (χ1) is 10.5. The number of fused-ring (bicyclic) bond motifs is 1. The van der Waals surface area contributed by atoms with Gasteiger partial charge in [-0.2, -0.15) is 4.39 Å². The highest BCUT2D eigenvalue weighted by atomic mass is 19.1. The molecule has 0 unspecified atom stereocenters. The summed E-state index contributed by atoms with van der Waals surface area (Å²) in [5, 5.41) is 13.8. The second-order valence-electron chi connectivity index (χ2n) is 4.73. The molecule has 0 spiro atoms. The maximum Gasteiger partial charge on any atom is 0.305 e. The fourth-order valence-electron chi connectivity index (χ4n) is 2.22. The molecule has 8 heteroatoms. The van der Waals surface area contributed by atoms with E-state index in [1.165, 1.54) is 10.5 Å². The summed E-state index contributed by atoms with van der Waals surface area (Å²) >= 11 is 0. The molecule has 22 heavy (non-hydrogen) atoms. The molecule has 0 saturated heterocycles. The fraction of sp³-hybridized carbons (Fsp3) is 0.0714. The molecule has 0 aliphatic heterocycles. The van der Waals surface area contributed by atoms with Crippen LogP contribution in [0, 0.1) is 27.8 Å². The molecular formula is C14H9FN4O3. The minimum absolute atomic E-state index is 0.0135. The molecule has 0 fully saturated rings. The summed E-state index contributed by atoms with van der Waals surface area (Å²) in [6, 6.07) is 6.85. The lowest BCUT2D eigenvalue weighted by molar-refractivity contribution is -0.387. The van der Waals surface area contributed by atoms with Gasteiger partial charge in [0.05, 0.1) is 4.92 Å². The number of halogens is 1. The van der Waals surface area contributed by atoms with Crippen molar-refractivity contribution in [1.29, 1.82) is 0 Å². The van der Waals surface area contributed by atoms with Crippen LogP contribution in [-0.2, 0) is 0 Å². The molecule has 0 aliphatic rings. The van der Waals surface area contributed by atoms with Crippen molar-refractivity contribution in [3.05, 3.63) is 62.9 Å². The summed E-state index contributed by atoms with van der Waals surface area (Å²) < 4.78 is 14.9. The predicted octanol–water partition coefficient (Wildman–Crippen LogP) is 3.75. The number of nitrogens with zero attached hydrogens (tertiary/aromatic N) is 4. The Kier molecular flexibility index (Phi) is 3.13. The topological polar surface area (TPSA) is 89.9 Å². The van der Waals surface area contributed by atoms with Crippen LogP contribution in [0.25, 0.3) is 16.9 Å². The summed E-state index contributed by atoms with van der Waals surface area (Å²) in [7, 11) is 0. The lowest BCUT2D eigenvalue weighted by Crippen LogP contribution is -1.93. The normalized spacial score (nSPS) is 10.8. The average molecular weight is 300 g/mol. The van der Waals surface area contributed by atoms with Crippen molar-refractivity contribution in [2.75, 3.05) is 0 Å². The maximum absolute atomic E-state index is 13.4. The van der Waals surface area contributed by atoms with E-state index in [1.807, 2.05) is 13.0 Å². The van der Waals surface area contributed by atoms with Gasteiger partial charge in [0.15, 0.2) is 0 Å². The second-order valence-corrected chi connectivity index (χ2v) is 4.73. The smallest absolute Gasteiger partial charge is 0.281 e. The van der Waals surface area contributed by atoms with Gasteiger partial charge in [-0.25, -0.2) is 4.98 Å². The Morgan fingerprint density at radius 3 is 2.77 bits per heavy atom. The van der Waals surface area contributed by atoms with Crippen LogP contribution >= 0.6 is 0 Å². The van der Waals surface area contributed by atoms with Gasteiger partial charge in [-0.05, 0) is 35.9 Å². The van der Waals surface area contributed by atoms with Crippen LogP contribution in [-0.4, -0.2) is 14.3 Å². The molecule has 0 saturated carbocycles. The van der Waals surface area contributed by atoms with Crippen molar-refractivity contribution in [3.63, 3.8) is 0 Å². The van der Waals surface area contributed by atoms with Gasteiger partial charge >= 0.3 is 5.69 Å². The van der Waals surface area contributed by atoms with E-state index < -0.39 is 16.4 Å². The standard InChI is InChI=1S/C14H9FN4O3/c1-8-2-5-12-16-13(14(17-20)18(12)7-8)9-3-4-10(15)11(6-9)19(21)22/h2-7H,1H3. The van der Waals surface area contributed by atoms with E-state index >= 15 is 0 Å². The first-order valence-corrected chi connectivity index (χ1v) is 6.27. The summed E-state index contributed by atoms with van der Waals surface area (Å²) in [4.78, 5) is 25.4. The third kappa shape index (κ3) is 2.10. The molecule has 0 aliphatic carbocycles. The van der Waals surface area contributed by atoms with Gasteiger partial charge in [0.2, 0.25) is 11.6 Å². The summed E-state index contributed by atoms with van der Waals surface area (Å²) in [6.45, 7) is 1.84. The number of benzene rings is 1. The summed E-state index contributed by atoms with van der Waals surface area (Å²) in [6.07, 6.45) is 1.68. The van der Waals surface area contributed by atoms with Crippen LogP contribution in [0.2, 0.25) is 0 Å². The van der Waals surface area contributed by atoms with Gasteiger partial charge in [0.1, 0.15) is 11.3 Å². The van der Waals surface area contributed by atoms with E-state index in [0.29, 0.717) is 5.65 Å². The molecule has 0 atom stereocenters. The number of rotatable bonds is 3. The molecule has 7 nitrogen and oxygen atoms in total. The van der Waals surface area contributed by atoms with Crippen molar-refractivity contribution in [3.8, 4) is 11.3 Å². The highest BCUT2D eigenvalue weighted by molar-refractivity contribution is 5.76. The Labute approximate surface area is 123 Å². The van der Waals surface area contributed by atoms with Gasteiger partial charge in [-0.15, -0.1) is 4.91 Å². The largest absolute Gasteiger partial charge is 0.305 e. The van der Waals surface area contributed by atoms with Gasteiger partial charge in [-0.3, -0.25) is 14.5 Å². The van der Waals surface area contributed by atoms with Gasteiger partial charge < -0.3 is 0 Å². The first-order valence-electron chi connectivity index (χ1n) is 6.27. The number of aryl methyl sites for hydroxylation is 1. The molecule has 2 heterocycles. The van der Waals surface area contributed by atoms with E-state index in [4.69, 9.17) is 0 Å². The van der Waals surface area contributed by atoms with Crippen molar-refractivity contribution in [1.82, 2.24) is 9.38 Å². The quantitative estimate of drug-likeness (QED) is 0.418. The lowest BCUT2D eigenvalue weighted by Gasteiger charge is -1.99. The highest BCUT2D eigenvalue weighted by Gasteiger charge is 2.20. The zero-order valence-electron chi connectivity index (χ0n) is 11.4. The number of nitro groups is 1. The number of imidazole rings is 1. The van der Waals surface area contributed by atoms with Gasteiger partial charge in [0.25, 0.3) is 0 Å². The molecular weight excluding hydrogens is 291 g/mol. The minimum atomic E-state index is -0.950. The molecule has 110 valence electrons. The third-order valence-electron chi connectivity index (χ3n) is 3.24. The molecule has 3 aromatic rings. The summed E-state index contributed by atoms with van der Waals surface area (Å²) in [5.74, 6) is -0.937. The Morgan fingerprint density at radius 2 is 2.09 bits per heavy atom. The first kappa shape index (κ1) is 13.8. The number of hydrogen-bond acceptors (Lipinski definition) is 5. The molecule has 1 aromatic carbocycles. The Bertz CT molecular complexity index is 920. The maximum atomic E-state index is 13.4. The predicted molar refractivity (Wildman–Crippen MR) is 77.4 cm³/mol. The van der Waals surface area contributed by atoms with Crippen LogP contribution in [0.4, 0.5) is 15.9 Å². The number of nitro benzene ring substituents is 1. The molecule has 0 radical (unpaired) electrons. The van der Waals surface area contributed by atoms with Crippen LogP contribution < -0.4 is 0 Å². The molecule has 2 aromatic heterocycles. The van der Waals surface area contributed by atoms with Gasteiger partial charge in [0, 0.05) is 17.8 Å². The highest BCUT2D eigenvalue weighted by Crippen LogP contribution is 2.33. The van der Waals surface area contributed by atoms with E-state index in [1.54, 1.807) is 12.3 Å². The lowest BCUT2D eigenvalue weighted by atomic mass is 10.1. The van der Waals surface area contributed by atoms with Gasteiger partial charge in [-0.1, -0.05) is 6.07 Å². The molecule has 0 N–H and O–H groups in total. The van der Waals surface area contributed by atoms with Crippen LogP contribution in [0.3, 0.4) is 0 Å². The number of pyridine rings is 1. The molecule has 0 bridgehead atoms. The monoisotopic (exact) mass is 300 g/mol. The third-order valence-corrected chi connectivity index (χ3v) is 3.24. The SMILES string of the molecule is Cc1ccc2nc(-c3ccc(F)c([N+](=O)[O-])c3)c(N=O)n2c1. The van der Waals surface area contributed by atoms with Crippen LogP contribution in [0.1, 0.15) is 5.56 Å². The van der Waals surface area contributed by atoms with Crippen molar-refractivity contribution in [2.24, 2.45) is 5.18 Å². The van der Waals surface area contributed by atoms with Crippen molar-refractivity contribution in [2.45, 2.75) is 6.92 Å². The molecule has 3 rings (SSSR count). The second kappa shape index (κ2) is 4.99. The number of nitroso groups, excluding NO2 is 1. The fourth-order valence-corrected chi connectivity index (χ4v) is 2.22. The van der Waals surface area contributed by atoms with E-state index in [0.717, 1.165) is 17.7 Å². The zero-order chi connectivity index (χ0) is 15.9. The number of hydrogen-bond donors (Lipinski definition) is 0. The Morgan fingerprint density at radius 1 is 1.32 bits per heavy atom. The van der Waals surface area contributed by atoms with Crippen molar-refractivity contribution < 1.29 is 9.31 Å². The Balaban J connectivity index is 2.28. The number of aromatic nitrogens is 2. The molecule has 0 amide bonds. The van der Waals surface area contributed by atoms with E-state index in [9.17, 15) is 19.4 Å². The van der Waals surface area contributed by atoms with Crippen LogP contribution in [0.5, 0.6) is 0 Å². The van der Waals surface area contributed by atoms with E-state index in [2.05, 4.69) is 10.2 Å². The van der Waals surface area contributed by atoms with Crippen LogP contribution in [0.15, 0.2) is 41.7 Å². The Hall–Kier alpha value is -3.16. The van der Waals surface area contributed by atoms with E-state index in [-0.39, 0.29) is 17.1 Å². The minimum Gasteiger partial charge on any atom is -0.281 e.